The van der Waals surface area contributed by atoms with Crippen molar-refractivity contribution in [1.82, 2.24) is 9.97 Å². The van der Waals surface area contributed by atoms with E-state index in [-0.39, 0.29) is 40.5 Å². The molecule has 0 spiro atoms. The molecule has 0 aliphatic heterocycles. The van der Waals surface area contributed by atoms with Gasteiger partial charge in [-0.2, -0.15) is 13.2 Å². The number of phenolic OH excluding ortho intramolecular Hbond substituents is 1. The van der Waals surface area contributed by atoms with Gasteiger partial charge in [-0.15, -0.1) is 0 Å². The SMILES string of the molecule is COc1ccc(-c2c(-c3ccc(OCc4ccccc4)cc3O)nc(N)nc2C(F)(F)F)cc1OC. The van der Waals surface area contributed by atoms with Crippen LogP contribution in [0.1, 0.15) is 11.3 Å². The van der Waals surface area contributed by atoms with Gasteiger partial charge in [-0.1, -0.05) is 36.4 Å². The van der Waals surface area contributed by atoms with Crippen molar-refractivity contribution in [2.75, 3.05) is 20.0 Å². The highest BCUT2D eigenvalue weighted by Crippen LogP contribution is 2.45. The molecule has 36 heavy (non-hydrogen) atoms. The fourth-order valence-corrected chi connectivity index (χ4v) is 3.69. The number of hydrogen-bond donors (Lipinski definition) is 2. The Morgan fingerprint density at radius 1 is 0.889 bits per heavy atom. The molecule has 0 radical (unpaired) electrons. The summed E-state index contributed by atoms with van der Waals surface area (Å²) >= 11 is 0. The smallest absolute Gasteiger partial charge is 0.434 e. The number of methoxy groups -OCH3 is 2. The maximum Gasteiger partial charge on any atom is 0.434 e. The number of nitrogen functional groups attached to an aromatic ring is 1. The molecule has 3 aromatic carbocycles. The summed E-state index contributed by atoms with van der Waals surface area (Å²) in [6.45, 7) is 0.245. The Bertz CT molecular complexity index is 1380. The molecule has 0 amide bonds. The van der Waals surface area contributed by atoms with Gasteiger partial charge in [0.05, 0.1) is 19.9 Å². The zero-order chi connectivity index (χ0) is 25.9. The van der Waals surface area contributed by atoms with Crippen LogP contribution in [-0.2, 0) is 12.8 Å². The fourth-order valence-electron chi connectivity index (χ4n) is 3.69. The van der Waals surface area contributed by atoms with Crippen molar-refractivity contribution >= 4 is 5.95 Å². The lowest BCUT2D eigenvalue weighted by Gasteiger charge is -2.18. The lowest BCUT2D eigenvalue weighted by molar-refractivity contribution is -0.140. The van der Waals surface area contributed by atoms with Gasteiger partial charge in [0.25, 0.3) is 0 Å². The van der Waals surface area contributed by atoms with Gasteiger partial charge in [0, 0.05) is 17.2 Å². The molecule has 0 unspecified atom stereocenters. The van der Waals surface area contributed by atoms with Crippen molar-refractivity contribution in [3.8, 4) is 45.4 Å². The number of aromatic hydroxyl groups is 1. The van der Waals surface area contributed by atoms with Crippen molar-refractivity contribution < 1.29 is 32.5 Å². The topological polar surface area (TPSA) is 99.7 Å². The average molecular weight is 497 g/mol. The van der Waals surface area contributed by atoms with Crippen molar-refractivity contribution in [3.05, 3.63) is 78.0 Å². The van der Waals surface area contributed by atoms with Crippen molar-refractivity contribution in [2.24, 2.45) is 0 Å². The molecule has 0 atom stereocenters. The summed E-state index contributed by atoms with van der Waals surface area (Å²) < 4.78 is 58.4. The molecule has 0 saturated heterocycles. The summed E-state index contributed by atoms with van der Waals surface area (Å²) in [5.41, 5.74) is 4.87. The van der Waals surface area contributed by atoms with Crippen LogP contribution in [0.5, 0.6) is 23.0 Å². The van der Waals surface area contributed by atoms with Gasteiger partial charge in [0.1, 0.15) is 18.1 Å². The highest BCUT2D eigenvalue weighted by molar-refractivity contribution is 5.86. The summed E-state index contributed by atoms with van der Waals surface area (Å²) in [6, 6.07) is 17.9. The minimum absolute atomic E-state index is 0.0199. The second-order valence-electron chi connectivity index (χ2n) is 7.67. The normalized spacial score (nSPS) is 11.2. The molecule has 7 nitrogen and oxygen atoms in total. The number of halogens is 3. The molecule has 0 aliphatic carbocycles. The van der Waals surface area contributed by atoms with E-state index >= 15 is 0 Å². The molecular formula is C26H22F3N3O4. The molecule has 0 aliphatic rings. The first kappa shape index (κ1) is 24.6. The highest BCUT2D eigenvalue weighted by atomic mass is 19.4. The van der Waals surface area contributed by atoms with Crippen LogP contribution in [0.25, 0.3) is 22.4 Å². The van der Waals surface area contributed by atoms with Gasteiger partial charge < -0.3 is 25.1 Å². The Morgan fingerprint density at radius 3 is 2.25 bits per heavy atom. The predicted molar refractivity (Wildman–Crippen MR) is 128 cm³/mol. The second-order valence-corrected chi connectivity index (χ2v) is 7.67. The number of aromatic nitrogens is 2. The number of nitrogens with two attached hydrogens (primary N) is 1. The van der Waals surface area contributed by atoms with Crippen molar-refractivity contribution in [2.45, 2.75) is 12.8 Å². The van der Waals surface area contributed by atoms with Gasteiger partial charge in [-0.25, -0.2) is 9.97 Å². The third-order valence-electron chi connectivity index (χ3n) is 5.34. The first-order valence-corrected chi connectivity index (χ1v) is 10.7. The van der Waals surface area contributed by atoms with Crippen LogP contribution in [0.3, 0.4) is 0 Å². The summed E-state index contributed by atoms with van der Waals surface area (Å²) in [4.78, 5) is 7.55. The first-order chi connectivity index (χ1) is 17.2. The zero-order valence-electron chi connectivity index (χ0n) is 19.3. The molecule has 0 saturated carbocycles. The number of alkyl halides is 3. The maximum atomic E-state index is 14.1. The van der Waals surface area contributed by atoms with E-state index in [1.54, 1.807) is 0 Å². The van der Waals surface area contributed by atoms with Gasteiger partial charge >= 0.3 is 6.18 Å². The van der Waals surface area contributed by atoms with Crippen LogP contribution in [0.15, 0.2) is 66.7 Å². The molecule has 10 heteroatoms. The second kappa shape index (κ2) is 10.0. The summed E-state index contributed by atoms with van der Waals surface area (Å²) in [5, 5.41) is 10.8. The molecule has 1 aromatic heterocycles. The number of ether oxygens (including phenoxy) is 3. The van der Waals surface area contributed by atoms with Crippen LogP contribution >= 0.6 is 0 Å². The van der Waals surface area contributed by atoms with Crippen LogP contribution in [-0.4, -0.2) is 29.3 Å². The molecule has 4 aromatic rings. The van der Waals surface area contributed by atoms with Crippen LogP contribution in [0, 0.1) is 0 Å². The quantitative estimate of drug-likeness (QED) is 0.337. The largest absolute Gasteiger partial charge is 0.507 e. The molecule has 0 fully saturated rings. The van der Waals surface area contributed by atoms with Crippen molar-refractivity contribution in [3.63, 3.8) is 0 Å². The Kier molecular flexibility index (Phi) is 6.86. The zero-order valence-corrected chi connectivity index (χ0v) is 19.3. The van der Waals surface area contributed by atoms with E-state index < -0.39 is 17.8 Å². The van der Waals surface area contributed by atoms with E-state index in [1.165, 1.54) is 50.6 Å². The van der Waals surface area contributed by atoms with Crippen LogP contribution < -0.4 is 19.9 Å². The van der Waals surface area contributed by atoms with Gasteiger partial charge in [0.2, 0.25) is 5.95 Å². The van der Waals surface area contributed by atoms with Crippen LogP contribution in [0.2, 0.25) is 0 Å². The van der Waals surface area contributed by atoms with E-state index in [2.05, 4.69) is 9.97 Å². The van der Waals surface area contributed by atoms with Gasteiger partial charge in [0.15, 0.2) is 17.2 Å². The maximum absolute atomic E-state index is 14.1. The lowest BCUT2D eigenvalue weighted by Crippen LogP contribution is -2.14. The Balaban J connectivity index is 1.83. The Morgan fingerprint density at radius 2 is 1.61 bits per heavy atom. The van der Waals surface area contributed by atoms with Gasteiger partial charge in [-0.3, -0.25) is 0 Å². The number of phenols is 1. The minimum Gasteiger partial charge on any atom is -0.507 e. The summed E-state index contributed by atoms with van der Waals surface area (Å²) in [7, 11) is 2.78. The van der Waals surface area contributed by atoms with Crippen molar-refractivity contribution in [1.29, 1.82) is 0 Å². The van der Waals surface area contributed by atoms with E-state index in [1.807, 2.05) is 30.3 Å². The molecule has 3 N–H and O–H groups in total. The molecule has 4 rings (SSSR count). The third-order valence-corrected chi connectivity index (χ3v) is 5.34. The fraction of sp³-hybridized carbons (Fsp3) is 0.154. The molecule has 186 valence electrons. The van der Waals surface area contributed by atoms with E-state index in [9.17, 15) is 18.3 Å². The predicted octanol–water partition coefficient (Wildman–Crippen LogP) is 5.71. The van der Waals surface area contributed by atoms with Gasteiger partial charge in [-0.05, 0) is 35.4 Å². The summed E-state index contributed by atoms with van der Waals surface area (Å²) in [5.74, 6) is -0.0695. The van der Waals surface area contributed by atoms with E-state index in [0.29, 0.717) is 11.5 Å². The monoisotopic (exact) mass is 497 g/mol. The minimum atomic E-state index is -4.86. The third kappa shape index (κ3) is 5.12. The molecule has 1 heterocycles. The number of hydrogen-bond acceptors (Lipinski definition) is 7. The highest BCUT2D eigenvalue weighted by Gasteiger charge is 2.38. The van der Waals surface area contributed by atoms with E-state index in [4.69, 9.17) is 19.9 Å². The number of nitrogens with zero attached hydrogens (tertiary/aromatic N) is 2. The first-order valence-electron chi connectivity index (χ1n) is 10.7. The molecule has 0 bridgehead atoms. The Labute approximate surface area is 204 Å². The van der Waals surface area contributed by atoms with E-state index in [0.717, 1.165) is 5.56 Å². The summed E-state index contributed by atoms with van der Waals surface area (Å²) in [6.07, 6.45) is -4.86. The Hall–Kier alpha value is -4.47. The number of benzene rings is 3. The number of rotatable bonds is 7. The molecular weight excluding hydrogens is 475 g/mol. The average Bonchev–Trinajstić information content (AvgIpc) is 2.86. The number of anilines is 1. The lowest BCUT2D eigenvalue weighted by atomic mass is 9.96. The van der Waals surface area contributed by atoms with Crippen LogP contribution in [0.4, 0.5) is 19.1 Å². The standard InChI is InChI=1S/C26H22F3N3O4/c1-34-20-11-8-16(12-21(20)35-2)22-23(31-25(30)32-24(22)26(27,28)29)18-10-9-17(13-19(18)33)36-14-15-6-4-3-5-7-15/h3-13,33H,14H2,1-2H3,(H2,30,31,32).